The zero-order valence-corrected chi connectivity index (χ0v) is 13.9. The molecule has 0 saturated heterocycles. The molecule has 0 radical (unpaired) electrons. The van der Waals surface area contributed by atoms with Crippen LogP contribution in [0.1, 0.15) is 0 Å². The molecule has 11 heteroatoms. The second-order valence-corrected chi connectivity index (χ2v) is 8.13. The van der Waals surface area contributed by atoms with Gasteiger partial charge >= 0.3 is 0 Å². The van der Waals surface area contributed by atoms with Crippen LogP contribution in [0.15, 0.2) is 44.7 Å². The molecular formula is C10H11BrN4O4S2. The third-order valence-electron chi connectivity index (χ3n) is 2.46. The molecule has 1 heterocycles. The molecule has 1 aromatic carbocycles. The molecule has 1 aromatic heterocycles. The van der Waals surface area contributed by atoms with E-state index in [0.29, 0.717) is 4.47 Å². The Kier molecular flexibility index (Phi) is 4.10. The summed E-state index contributed by atoms with van der Waals surface area (Å²) < 4.78 is 51.1. The molecular weight excluding hydrogens is 384 g/mol. The van der Waals surface area contributed by atoms with Crippen molar-refractivity contribution in [2.24, 2.45) is 12.2 Å². The van der Waals surface area contributed by atoms with Crippen LogP contribution in [0.3, 0.4) is 0 Å². The number of nitrogens with two attached hydrogens (primary N) is 1. The van der Waals surface area contributed by atoms with Crippen LogP contribution >= 0.6 is 15.9 Å². The summed E-state index contributed by atoms with van der Waals surface area (Å²) >= 11 is 3.12. The van der Waals surface area contributed by atoms with E-state index in [-0.39, 0.29) is 10.7 Å². The lowest BCUT2D eigenvalue weighted by atomic mass is 10.4. The van der Waals surface area contributed by atoms with Crippen molar-refractivity contribution in [1.29, 1.82) is 0 Å². The Morgan fingerprint density at radius 2 is 1.81 bits per heavy atom. The molecule has 0 amide bonds. The van der Waals surface area contributed by atoms with Crippen LogP contribution < -0.4 is 9.86 Å². The van der Waals surface area contributed by atoms with Crippen molar-refractivity contribution >= 4 is 41.8 Å². The van der Waals surface area contributed by atoms with E-state index in [0.717, 1.165) is 10.9 Å². The number of primary sulfonamides is 1. The molecule has 0 saturated carbocycles. The zero-order valence-electron chi connectivity index (χ0n) is 10.7. The normalized spacial score (nSPS) is 12.3. The van der Waals surface area contributed by atoms with Gasteiger partial charge in [0.1, 0.15) is 9.79 Å². The van der Waals surface area contributed by atoms with Gasteiger partial charge in [0.15, 0.2) is 5.82 Å². The van der Waals surface area contributed by atoms with E-state index < -0.39 is 24.9 Å². The van der Waals surface area contributed by atoms with Crippen molar-refractivity contribution in [2.45, 2.75) is 9.79 Å². The lowest BCUT2D eigenvalue weighted by Gasteiger charge is -2.08. The Hall–Kier alpha value is -1.43. The van der Waals surface area contributed by atoms with Gasteiger partial charge < -0.3 is 0 Å². The summed E-state index contributed by atoms with van der Waals surface area (Å²) in [6.45, 7) is 0. The standard InChI is InChI=1S/C10H11BrN4O4S2/c1-15-6-9(20(12,16)17)10(13-15)14-21(18,19)8-5-3-2-4-7(8)11/h2-6H,1H3,(H,13,14)(H2,12,16,17). The monoisotopic (exact) mass is 394 g/mol. The summed E-state index contributed by atoms with van der Waals surface area (Å²) in [4.78, 5) is -0.448. The van der Waals surface area contributed by atoms with E-state index in [4.69, 9.17) is 5.14 Å². The Labute approximate surface area is 130 Å². The highest BCUT2D eigenvalue weighted by molar-refractivity contribution is 9.10. The van der Waals surface area contributed by atoms with Crippen LogP contribution in [0.5, 0.6) is 0 Å². The average molecular weight is 395 g/mol. The van der Waals surface area contributed by atoms with Crippen LogP contribution in [0, 0.1) is 0 Å². The van der Waals surface area contributed by atoms with Crippen LogP contribution in [0.4, 0.5) is 5.82 Å². The van der Waals surface area contributed by atoms with Crippen LogP contribution in [0.2, 0.25) is 0 Å². The number of halogens is 1. The van der Waals surface area contributed by atoms with Gasteiger partial charge in [0.05, 0.1) is 0 Å². The molecule has 0 bridgehead atoms. The molecule has 0 fully saturated rings. The average Bonchev–Trinajstić information content (AvgIpc) is 2.69. The first-order chi connectivity index (χ1) is 9.61. The van der Waals surface area contributed by atoms with Gasteiger partial charge in [-0.2, -0.15) is 5.10 Å². The fraction of sp³-hybridized carbons (Fsp3) is 0.100. The lowest BCUT2D eigenvalue weighted by molar-refractivity contribution is 0.598. The SMILES string of the molecule is Cn1cc(S(N)(=O)=O)c(NS(=O)(=O)c2ccccc2Br)n1. The number of benzene rings is 1. The molecule has 3 N–H and O–H groups in total. The van der Waals surface area contributed by atoms with E-state index >= 15 is 0 Å². The number of hydrogen-bond donors (Lipinski definition) is 2. The topological polar surface area (TPSA) is 124 Å². The molecule has 2 aromatic rings. The largest absolute Gasteiger partial charge is 0.272 e. The van der Waals surface area contributed by atoms with Crippen LogP contribution in [-0.4, -0.2) is 26.6 Å². The van der Waals surface area contributed by atoms with Gasteiger partial charge in [0.2, 0.25) is 10.0 Å². The van der Waals surface area contributed by atoms with Gasteiger partial charge in [-0.1, -0.05) is 12.1 Å². The minimum atomic E-state index is -4.10. The number of aromatic nitrogens is 2. The molecule has 0 aliphatic heterocycles. The van der Waals surface area contributed by atoms with E-state index in [1.54, 1.807) is 18.2 Å². The molecule has 2 rings (SSSR count). The fourth-order valence-corrected chi connectivity index (χ4v) is 4.34. The van der Waals surface area contributed by atoms with Gasteiger partial charge in [0, 0.05) is 17.7 Å². The maximum Gasteiger partial charge on any atom is 0.264 e. The highest BCUT2D eigenvalue weighted by atomic mass is 79.9. The van der Waals surface area contributed by atoms with Gasteiger partial charge in [-0.25, -0.2) is 22.0 Å². The number of anilines is 1. The molecule has 0 aliphatic rings. The highest BCUT2D eigenvalue weighted by Gasteiger charge is 2.24. The Morgan fingerprint density at radius 1 is 1.19 bits per heavy atom. The lowest BCUT2D eigenvalue weighted by Crippen LogP contribution is -2.18. The maximum absolute atomic E-state index is 12.3. The summed E-state index contributed by atoms with van der Waals surface area (Å²) in [7, 11) is -6.66. The maximum atomic E-state index is 12.3. The van der Waals surface area contributed by atoms with Gasteiger partial charge in [-0.05, 0) is 28.1 Å². The predicted octanol–water partition coefficient (Wildman–Crippen LogP) is 0.631. The quantitative estimate of drug-likeness (QED) is 0.786. The Bertz CT molecular complexity index is 890. The first-order valence-electron chi connectivity index (χ1n) is 5.45. The van der Waals surface area contributed by atoms with E-state index in [9.17, 15) is 16.8 Å². The first kappa shape index (κ1) is 15.9. The van der Waals surface area contributed by atoms with Crippen molar-refractivity contribution in [2.75, 3.05) is 4.72 Å². The molecule has 8 nitrogen and oxygen atoms in total. The number of rotatable bonds is 4. The van der Waals surface area contributed by atoms with Crippen molar-refractivity contribution in [3.05, 3.63) is 34.9 Å². The summed E-state index contributed by atoms with van der Waals surface area (Å²) in [5.74, 6) is -0.351. The second kappa shape index (κ2) is 5.40. The molecule has 0 unspecified atom stereocenters. The zero-order chi connectivity index (χ0) is 15.8. The first-order valence-corrected chi connectivity index (χ1v) is 9.27. The minimum absolute atomic E-state index is 0.0453. The molecule has 0 aliphatic carbocycles. The van der Waals surface area contributed by atoms with Crippen molar-refractivity contribution < 1.29 is 16.8 Å². The van der Waals surface area contributed by atoms with Crippen LogP contribution in [0.25, 0.3) is 0 Å². The molecule has 21 heavy (non-hydrogen) atoms. The molecule has 0 atom stereocenters. The molecule has 0 spiro atoms. The number of sulfonamides is 2. The van der Waals surface area contributed by atoms with Gasteiger partial charge in [0.25, 0.3) is 10.0 Å². The predicted molar refractivity (Wildman–Crippen MR) is 79.5 cm³/mol. The third kappa shape index (κ3) is 3.43. The minimum Gasteiger partial charge on any atom is -0.272 e. The number of aryl methyl sites for hydroxylation is 1. The van der Waals surface area contributed by atoms with E-state index in [1.807, 2.05) is 0 Å². The van der Waals surface area contributed by atoms with Crippen LogP contribution in [-0.2, 0) is 27.1 Å². The number of nitrogens with zero attached hydrogens (tertiary/aromatic N) is 2. The third-order valence-corrected chi connectivity index (χ3v) is 5.72. The van der Waals surface area contributed by atoms with Crippen molar-refractivity contribution in [1.82, 2.24) is 9.78 Å². The summed E-state index contributed by atoms with van der Waals surface area (Å²) in [6, 6.07) is 6.11. The second-order valence-electron chi connectivity index (χ2n) is 4.10. The smallest absolute Gasteiger partial charge is 0.264 e. The van der Waals surface area contributed by atoms with Gasteiger partial charge in [-0.15, -0.1) is 0 Å². The van der Waals surface area contributed by atoms with Crippen molar-refractivity contribution in [3.63, 3.8) is 0 Å². The number of hydrogen-bond acceptors (Lipinski definition) is 5. The summed E-state index contributed by atoms with van der Waals surface area (Å²) in [5, 5.41) is 8.80. The summed E-state index contributed by atoms with van der Waals surface area (Å²) in [5.41, 5.74) is 0. The fourth-order valence-electron chi connectivity index (χ4n) is 1.59. The van der Waals surface area contributed by atoms with E-state index in [2.05, 4.69) is 25.8 Å². The highest BCUT2D eigenvalue weighted by Crippen LogP contribution is 2.25. The number of nitrogens with one attached hydrogen (secondary N) is 1. The Morgan fingerprint density at radius 3 is 2.38 bits per heavy atom. The van der Waals surface area contributed by atoms with E-state index in [1.165, 1.54) is 13.1 Å². The molecule has 114 valence electrons. The van der Waals surface area contributed by atoms with Gasteiger partial charge in [-0.3, -0.25) is 9.40 Å². The van der Waals surface area contributed by atoms with Crippen molar-refractivity contribution in [3.8, 4) is 0 Å². The summed E-state index contributed by atoms with van der Waals surface area (Å²) in [6.07, 6.45) is 1.12. The Balaban J connectivity index is 2.50.